The van der Waals surface area contributed by atoms with E-state index in [1.807, 2.05) is 48.5 Å². The zero-order valence-electron chi connectivity index (χ0n) is 18.6. The standard InChI is InChI=1S/C25H21N5O4/c1-32-18-7-8-19-20(12-18)29-24-23(19)27-15-30(25(24)31)28-13-16-6-9-21(33-2)17(11-16)14-34-22-5-3-4-10-26-22/h3-13,15,29H,14H2,1-2H3. The molecule has 0 atom stereocenters. The van der Waals surface area contributed by atoms with E-state index >= 15 is 0 Å². The number of nitrogens with one attached hydrogen (secondary N) is 1. The van der Waals surface area contributed by atoms with Crippen LogP contribution in [0.5, 0.6) is 17.4 Å². The molecule has 0 unspecified atom stereocenters. The van der Waals surface area contributed by atoms with E-state index in [9.17, 15) is 4.79 Å². The van der Waals surface area contributed by atoms with E-state index in [1.54, 1.807) is 32.7 Å². The Morgan fingerprint density at radius 2 is 1.97 bits per heavy atom. The first-order chi connectivity index (χ1) is 16.7. The molecule has 9 nitrogen and oxygen atoms in total. The summed E-state index contributed by atoms with van der Waals surface area (Å²) < 4.78 is 17.6. The summed E-state index contributed by atoms with van der Waals surface area (Å²) in [5.41, 5.74) is 3.03. The zero-order valence-corrected chi connectivity index (χ0v) is 18.6. The Hall–Kier alpha value is -4.66. The first-order valence-corrected chi connectivity index (χ1v) is 10.5. The molecule has 0 bridgehead atoms. The first-order valence-electron chi connectivity index (χ1n) is 10.5. The SMILES string of the molecule is COc1ccc2c(c1)[nH]c1c(=O)n(N=Cc3ccc(OC)c(COc4ccccn4)c3)cnc12. The Bertz CT molecular complexity index is 1560. The number of aromatic amines is 1. The van der Waals surface area contributed by atoms with E-state index in [-0.39, 0.29) is 12.2 Å². The van der Waals surface area contributed by atoms with E-state index < -0.39 is 0 Å². The molecule has 0 radical (unpaired) electrons. The van der Waals surface area contributed by atoms with Gasteiger partial charge in [0.1, 0.15) is 35.5 Å². The number of fused-ring (bicyclic) bond motifs is 3. The highest BCUT2D eigenvalue weighted by Crippen LogP contribution is 2.25. The molecule has 0 spiro atoms. The van der Waals surface area contributed by atoms with Crippen LogP contribution in [0.3, 0.4) is 0 Å². The van der Waals surface area contributed by atoms with Gasteiger partial charge in [0.15, 0.2) is 0 Å². The molecule has 0 saturated carbocycles. The molecule has 2 aromatic carbocycles. The van der Waals surface area contributed by atoms with Crippen molar-refractivity contribution in [1.29, 1.82) is 0 Å². The Labute approximate surface area is 194 Å². The van der Waals surface area contributed by atoms with Crippen LogP contribution in [0.15, 0.2) is 77.0 Å². The van der Waals surface area contributed by atoms with E-state index in [0.29, 0.717) is 28.4 Å². The van der Waals surface area contributed by atoms with Crippen LogP contribution in [0.1, 0.15) is 11.1 Å². The van der Waals surface area contributed by atoms with Gasteiger partial charge >= 0.3 is 0 Å². The Morgan fingerprint density at radius 3 is 2.76 bits per heavy atom. The van der Waals surface area contributed by atoms with Crippen molar-refractivity contribution < 1.29 is 14.2 Å². The summed E-state index contributed by atoms with van der Waals surface area (Å²) in [5.74, 6) is 1.90. The molecule has 5 rings (SSSR count). The number of hydrogen-bond acceptors (Lipinski definition) is 7. The predicted octanol–water partition coefficient (Wildman–Crippen LogP) is 3.75. The molecule has 0 aliphatic rings. The third-order valence-electron chi connectivity index (χ3n) is 5.35. The fraction of sp³-hybridized carbons (Fsp3) is 0.120. The first kappa shape index (κ1) is 21.2. The summed E-state index contributed by atoms with van der Waals surface area (Å²) in [4.78, 5) is 24.7. The third-order valence-corrected chi connectivity index (χ3v) is 5.35. The second-order valence-electron chi connectivity index (χ2n) is 7.43. The number of rotatable bonds is 7. The lowest BCUT2D eigenvalue weighted by molar-refractivity contribution is 0.285. The summed E-state index contributed by atoms with van der Waals surface area (Å²) in [6.07, 6.45) is 4.67. The topological polar surface area (TPSA) is 104 Å². The fourth-order valence-electron chi connectivity index (χ4n) is 3.64. The summed E-state index contributed by atoms with van der Waals surface area (Å²) >= 11 is 0. The number of nitrogens with zero attached hydrogens (tertiary/aromatic N) is 4. The van der Waals surface area contributed by atoms with Crippen molar-refractivity contribution in [2.45, 2.75) is 6.61 Å². The average molecular weight is 455 g/mol. The molecule has 0 amide bonds. The van der Waals surface area contributed by atoms with Gasteiger partial charge in [0.2, 0.25) is 5.88 Å². The van der Waals surface area contributed by atoms with Gasteiger partial charge in [0.05, 0.1) is 26.0 Å². The average Bonchev–Trinajstić information content (AvgIpc) is 3.26. The van der Waals surface area contributed by atoms with Gasteiger partial charge in [-0.2, -0.15) is 9.78 Å². The van der Waals surface area contributed by atoms with Gasteiger partial charge in [-0.05, 0) is 42.0 Å². The molecule has 0 fully saturated rings. The number of hydrogen-bond donors (Lipinski definition) is 1. The van der Waals surface area contributed by atoms with Gasteiger partial charge in [0.25, 0.3) is 5.56 Å². The van der Waals surface area contributed by atoms with Crippen molar-refractivity contribution in [2.75, 3.05) is 14.2 Å². The Balaban J connectivity index is 1.44. The van der Waals surface area contributed by atoms with E-state index in [1.165, 1.54) is 11.0 Å². The largest absolute Gasteiger partial charge is 0.497 e. The minimum atomic E-state index is -0.302. The van der Waals surface area contributed by atoms with Gasteiger partial charge in [-0.3, -0.25) is 4.79 Å². The highest BCUT2D eigenvalue weighted by molar-refractivity contribution is 6.04. The molecule has 34 heavy (non-hydrogen) atoms. The molecular formula is C25H21N5O4. The molecule has 0 aliphatic heterocycles. The van der Waals surface area contributed by atoms with Crippen molar-refractivity contribution in [3.63, 3.8) is 0 Å². The third kappa shape index (κ3) is 4.06. The maximum atomic E-state index is 13.0. The van der Waals surface area contributed by atoms with Crippen LogP contribution in [-0.4, -0.2) is 40.1 Å². The highest BCUT2D eigenvalue weighted by Gasteiger charge is 2.11. The molecule has 1 N–H and O–H groups in total. The lowest BCUT2D eigenvalue weighted by Crippen LogP contribution is -2.17. The van der Waals surface area contributed by atoms with Gasteiger partial charge < -0.3 is 19.2 Å². The van der Waals surface area contributed by atoms with Crippen molar-refractivity contribution in [3.05, 3.63) is 88.6 Å². The number of methoxy groups -OCH3 is 2. The molecule has 3 aromatic heterocycles. The van der Waals surface area contributed by atoms with Crippen LogP contribution in [0.25, 0.3) is 21.9 Å². The maximum Gasteiger partial charge on any atom is 0.298 e. The number of pyridine rings is 1. The molecule has 5 aromatic rings. The number of aromatic nitrogens is 4. The van der Waals surface area contributed by atoms with Crippen LogP contribution < -0.4 is 19.8 Å². The molecule has 9 heteroatoms. The highest BCUT2D eigenvalue weighted by atomic mass is 16.5. The second-order valence-corrected chi connectivity index (χ2v) is 7.43. The number of H-pyrrole nitrogens is 1. The van der Waals surface area contributed by atoms with Crippen LogP contribution in [0.2, 0.25) is 0 Å². The summed E-state index contributed by atoms with van der Waals surface area (Å²) in [6, 6.07) is 16.6. The van der Waals surface area contributed by atoms with Gasteiger partial charge in [-0.1, -0.05) is 6.07 Å². The number of ether oxygens (including phenoxy) is 3. The second kappa shape index (κ2) is 9.07. The van der Waals surface area contributed by atoms with Crippen molar-refractivity contribution in [2.24, 2.45) is 5.10 Å². The minimum absolute atomic E-state index is 0.272. The monoisotopic (exact) mass is 455 g/mol. The smallest absolute Gasteiger partial charge is 0.298 e. The van der Waals surface area contributed by atoms with Crippen molar-refractivity contribution in [3.8, 4) is 17.4 Å². The van der Waals surface area contributed by atoms with Gasteiger partial charge in [-0.25, -0.2) is 9.97 Å². The van der Waals surface area contributed by atoms with Gasteiger partial charge in [-0.15, -0.1) is 0 Å². The molecule has 170 valence electrons. The van der Waals surface area contributed by atoms with E-state index in [0.717, 1.165) is 22.0 Å². The Kier molecular flexibility index (Phi) is 5.65. The van der Waals surface area contributed by atoms with Crippen molar-refractivity contribution >= 4 is 28.2 Å². The van der Waals surface area contributed by atoms with Gasteiger partial charge in [0, 0.05) is 29.3 Å². The van der Waals surface area contributed by atoms with Crippen LogP contribution >= 0.6 is 0 Å². The fourth-order valence-corrected chi connectivity index (χ4v) is 3.64. The van der Waals surface area contributed by atoms with Crippen LogP contribution in [0, 0.1) is 0 Å². The number of benzene rings is 2. The zero-order chi connectivity index (χ0) is 23.5. The summed E-state index contributed by atoms with van der Waals surface area (Å²) in [7, 11) is 3.20. The molecule has 0 aliphatic carbocycles. The van der Waals surface area contributed by atoms with E-state index in [4.69, 9.17) is 14.2 Å². The molecule has 0 saturated heterocycles. The molecular weight excluding hydrogens is 434 g/mol. The normalized spacial score (nSPS) is 11.4. The maximum absolute atomic E-state index is 13.0. The lowest BCUT2D eigenvalue weighted by atomic mass is 10.1. The van der Waals surface area contributed by atoms with Crippen LogP contribution in [0.4, 0.5) is 0 Å². The van der Waals surface area contributed by atoms with E-state index in [2.05, 4.69) is 20.1 Å². The summed E-state index contributed by atoms with van der Waals surface area (Å²) in [6.45, 7) is 0.272. The van der Waals surface area contributed by atoms with Crippen LogP contribution in [-0.2, 0) is 6.61 Å². The van der Waals surface area contributed by atoms with Crippen molar-refractivity contribution in [1.82, 2.24) is 19.6 Å². The predicted molar refractivity (Wildman–Crippen MR) is 129 cm³/mol. The molecule has 3 heterocycles. The summed E-state index contributed by atoms with van der Waals surface area (Å²) in [5, 5.41) is 5.17. The Morgan fingerprint density at radius 1 is 1.06 bits per heavy atom. The minimum Gasteiger partial charge on any atom is -0.497 e. The quantitative estimate of drug-likeness (QED) is 0.375. The lowest BCUT2D eigenvalue weighted by Gasteiger charge is -2.10.